The molecule has 2 rings (SSSR count). The van der Waals surface area contributed by atoms with Crippen molar-refractivity contribution in [1.29, 1.82) is 0 Å². The third-order valence-electron chi connectivity index (χ3n) is 3.52. The van der Waals surface area contributed by atoms with Gasteiger partial charge in [0.05, 0.1) is 0 Å². The summed E-state index contributed by atoms with van der Waals surface area (Å²) in [6, 6.07) is 7.20. The molecule has 0 aromatic heterocycles. The van der Waals surface area contributed by atoms with Crippen LogP contribution in [0.3, 0.4) is 0 Å². The van der Waals surface area contributed by atoms with Gasteiger partial charge in [-0.2, -0.15) is 17.4 Å². The summed E-state index contributed by atoms with van der Waals surface area (Å²) in [5, 5.41) is 0. The van der Waals surface area contributed by atoms with E-state index < -0.39 is 10.2 Å². The zero-order valence-corrected chi connectivity index (χ0v) is 12.0. The quantitative estimate of drug-likeness (QED) is 0.819. The normalized spacial score (nSPS) is 18.6. The van der Waals surface area contributed by atoms with E-state index in [1.807, 2.05) is 12.1 Å². The van der Waals surface area contributed by atoms with Gasteiger partial charge in [-0.05, 0) is 36.5 Å². The molecule has 1 aromatic rings. The van der Waals surface area contributed by atoms with E-state index in [1.165, 1.54) is 4.31 Å². The van der Waals surface area contributed by atoms with E-state index in [1.54, 1.807) is 12.1 Å². The SMILES string of the molecule is CC1CCN(S(=O)(=O)NCc2ccc(N)cc2)CC1. The minimum absolute atomic E-state index is 0.300. The van der Waals surface area contributed by atoms with E-state index in [9.17, 15) is 8.42 Å². The van der Waals surface area contributed by atoms with Gasteiger partial charge in [0.1, 0.15) is 0 Å². The number of nitrogen functional groups attached to an aromatic ring is 1. The Kier molecular flexibility index (Phi) is 4.44. The highest BCUT2D eigenvalue weighted by Crippen LogP contribution is 2.18. The zero-order chi connectivity index (χ0) is 13.9. The Morgan fingerprint density at radius 3 is 2.42 bits per heavy atom. The van der Waals surface area contributed by atoms with Crippen molar-refractivity contribution in [2.24, 2.45) is 5.92 Å². The number of anilines is 1. The van der Waals surface area contributed by atoms with Gasteiger partial charge >= 0.3 is 0 Å². The van der Waals surface area contributed by atoms with Crippen molar-refractivity contribution in [2.45, 2.75) is 26.3 Å². The van der Waals surface area contributed by atoms with Crippen LogP contribution in [0.1, 0.15) is 25.3 Å². The Hall–Kier alpha value is -1.11. The van der Waals surface area contributed by atoms with E-state index in [4.69, 9.17) is 5.73 Å². The Morgan fingerprint density at radius 2 is 1.84 bits per heavy atom. The highest BCUT2D eigenvalue weighted by Gasteiger charge is 2.25. The number of nitrogens with two attached hydrogens (primary N) is 1. The van der Waals surface area contributed by atoms with Crippen LogP contribution in [0.15, 0.2) is 24.3 Å². The zero-order valence-electron chi connectivity index (χ0n) is 11.2. The van der Waals surface area contributed by atoms with Crippen LogP contribution in [0.4, 0.5) is 5.69 Å². The molecule has 106 valence electrons. The molecule has 1 saturated heterocycles. The second-order valence-electron chi connectivity index (χ2n) is 5.15. The summed E-state index contributed by atoms with van der Waals surface area (Å²) >= 11 is 0. The van der Waals surface area contributed by atoms with Crippen LogP contribution >= 0.6 is 0 Å². The Labute approximate surface area is 115 Å². The van der Waals surface area contributed by atoms with Crippen LogP contribution in [-0.2, 0) is 16.8 Å². The maximum atomic E-state index is 12.1. The number of rotatable bonds is 4. The first-order chi connectivity index (χ1) is 8.97. The summed E-state index contributed by atoms with van der Waals surface area (Å²) in [6.45, 7) is 3.68. The van der Waals surface area contributed by atoms with Crippen molar-refractivity contribution in [1.82, 2.24) is 9.03 Å². The summed E-state index contributed by atoms with van der Waals surface area (Å²) in [4.78, 5) is 0. The maximum absolute atomic E-state index is 12.1. The number of piperidine rings is 1. The topological polar surface area (TPSA) is 75.4 Å². The largest absolute Gasteiger partial charge is 0.399 e. The van der Waals surface area contributed by atoms with Gasteiger partial charge in [0, 0.05) is 25.3 Å². The van der Waals surface area contributed by atoms with Gasteiger partial charge in [0.2, 0.25) is 0 Å². The summed E-state index contributed by atoms with van der Waals surface area (Å²) in [5.74, 6) is 0.614. The van der Waals surface area contributed by atoms with Crippen LogP contribution in [0.25, 0.3) is 0 Å². The molecule has 0 amide bonds. The third-order valence-corrected chi connectivity index (χ3v) is 5.08. The van der Waals surface area contributed by atoms with Crippen molar-refractivity contribution in [2.75, 3.05) is 18.8 Å². The van der Waals surface area contributed by atoms with Crippen molar-refractivity contribution >= 4 is 15.9 Å². The lowest BCUT2D eigenvalue weighted by molar-refractivity contribution is 0.285. The molecule has 6 heteroatoms. The molecule has 0 atom stereocenters. The van der Waals surface area contributed by atoms with Crippen molar-refractivity contribution in [3.05, 3.63) is 29.8 Å². The minimum Gasteiger partial charge on any atom is -0.399 e. The molecule has 0 radical (unpaired) electrons. The van der Waals surface area contributed by atoms with Crippen LogP contribution in [0, 0.1) is 5.92 Å². The molecule has 3 N–H and O–H groups in total. The minimum atomic E-state index is -3.36. The predicted molar refractivity (Wildman–Crippen MR) is 76.6 cm³/mol. The first-order valence-corrected chi connectivity index (χ1v) is 8.00. The van der Waals surface area contributed by atoms with Gasteiger partial charge in [0.15, 0.2) is 0 Å². The lowest BCUT2D eigenvalue weighted by Crippen LogP contribution is -2.44. The number of hydrogen-bond donors (Lipinski definition) is 2. The van der Waals surface area contributed by atoms with Crippen LogP contribution < -0.4 is 10.5 Å². The average molecular weight is 283 g/mol. The first-order valence-electron chi connectivity index (χ1n) is 6.56. The molecule has 0 aliphatic carbocycles. The highest BCUT2D eigenvalue weighted by molar-refractivity contribution is 7.87. The van der Waals surface area contributed by atoms with Gasteiger partial charge in [-0.3, -0.25) is 0 Å². The smallest absolute Gasteiger partial charge is 0.279 e. The fourth-order valence-corrected chi connectivity index (χ4v) is 3.35. The first kappa shape index (κ1) is 14.3. The maximum Gasteiger partial charge on any atom is 0.279 e. The monoisotopic (exact) mass is 283 g/mol. The standard InChI is InChI=1S/C13H21N3O2S/c1-11-6-8-16(9-7-11)19(17,18)15-10-12-2-4-13(14)5-3-12/h2-5,11,15H,6-10,14H2,1H3. The van der Waals surface area contributed by atoms with Crippen molar-refractivity contribution in [3.63, 3.8) is 0 Å². The van der Waals surface area contributed by atoms with E-state index in [2.05, 4.69) is 11.6 Å². The molecule has 1 aliphatic rings. The second kappa shape index (κ2) is 5.90. The fraction of sp³-hybridized carbons (Fsp3) is 0.538. The fourth-order valence-electron chi connectivity index (χ4n) is 2.13. The molecule has 1 fully saturated rings. The molecule has 0 unspecified atom stereocenters. The van der Waals surface area contributed by atoms with Gasteiger partial charge in [-0.1, -0.05) is 19.1 Å². The molecule has 1 aromatic carbocycles. The molecule has 0 bridgehead atoms. The van der Waals surface area contributed by atoms with Gasteiger partial charge < -0.3 is 5.73 Å². The molecule has 0 spiro atoms. The Bertz CT molecular complexity index is 505. The molecule has 1 heterocycles. The summed E-state index contributed by atoms with van der Waals surface area (Å²) in [7, 11) is -3.36. The average Bonchev–Trinajstić information content (AvgIpc) is 2.39. The van der Waals surface area contributed by atoms with Crippen molar-refractivity contribution < 1.29 is 8.42 Å². The number of hydrogen-bond acceptors (Lipinski definition) is 3. The van der Waals surface area contributed by atoms with E-state index in [-0.39, 0.29) is 0 Å². The van der Waals surface area contributed by atoms with Crippen molar-refractivity contribution in [3.8, 4) is 0 Å². The number of nitrogens with one attached hydrogen (secondary N) is 1. The number of nitrogens with zero attached hydrogens (tertiary/aromatic N) is 1. The van der Waals surface area contributed by atoms with E-state index in [0.29, 0.717) is 31.2 Å². The Balaban J connectivity index is 1.92. The molecular formula is C13H21N3O2S. The number of benzene rings is 1. The van der Waals surface area contributed by atoms with Gasteiger partial charge in [-0.15, -0.1) is 0 Å². The highest BCUT2D eigenvalue weighted by atomic mass is 32.2. The molecule has 19 heavy (non-hydrogen) atoms. The molecule has 0 saturated carbocycles. The Morgan fingerprint density at radius 1 is 1.26 bits per heavy atom. The third kappa shape index (κ3) is 3.92. The molecule has 1 aliphatic heterocycles. The summed E-state index contributed by atoms with van der Waals surface area (Å²) in [5.41, 5.74) is 7.17. The molecule has 5 nitrogen and oxygen atoms in total. The lowest BCUT2D eigenvalue weighted by Gasteiger charge is -2.29. The summed E-state index contributed by atoms with van der Waals surface area (Å²) in [6.07, 6.45) is 1.87. The van der Waals surface area contributed by atoms with Crippen LogP contribution in [0.2, 0.25) is 0 Å². The van der Waals surface area contributed by atoms with Gasteiger partial charge in [-0.25, -0.2) is 0 Å². The van der Waals surface area contributed by atoms with Crippen LogP contribution in [-0.4, -0.2) is 25.8 Å². The van der Waals surface area contributed by atoms with E-state index >= 15 is 0 Å². The van der Waals surface area contributed by atoms with E-state index in [0.717, 1.165) is 18.4 Å². The predicted octanol–water partition coefficient (Wildman–Crippen LogP) is 1.34. The summed E-state index contributed by atoms with van der Waals surface area (Å²) < 4.78 is 28.4. The second-order valence-corrected chi connectivity index (χ2v) is 6.90. The van der Waals surface area contributed by atoms with Gasteiger partial charge in [0.25, 0.3) is 10.2 Å². The lowest BCUT2D eigenvalue weighted by atomic mass is 10.0. The van der Waals surface area contributed by atoms with Crippen LogP contribution in [0.5, 0.6) is 0 Å². The molecular weight excluding hydrogens is 262 g/mol.